The van der Waals surface area contributed by atoms with Gasteiger partial charge in [-0.05, 0) is 30.8 Å². The summed E-state index contributed by atoms with van der Waals surface area (Å²) in [5, 5.41) is 5.67. The van der Waals surface area contributed by atoms with Crippen LogP contribution in [0.2, 0.25) is 0 Å². The molecule has 5 nitrogen and oxygen atoms in total. The highest BCUT2D eigenvalue weighted by Gasteiger charge is 2.30. The van der Waals surface area contributed by atoms with E-state index in [1.807, 2.05) is 11.9 Å². The largest absolute Gasteiger partial charge is 0.377 e. The summed E-state index contributed by atoms with van der Waals surface area (Å²) in [4.78, 5) is 13.9. The Morgan fingerprint density at radius 2 is 2.30 bits per heavy atom. The molecule has 20 heavy (non-hydrogen) atoms. The van der Waals surface area contributed by atoms with Gasteiger partial charge in [-0.1, -0.05) is 0 Å². The van der Waals surface area contributed by atoms with Crippen LogP contribution in [-0.2, 0) is 16.1 Å². The summed E-state index contributed by atoms with van der Waals surface area (Å²) >= 11 is 0. The fraction of sp³-hybridized carbons (Fsp3) is 0.500. The van der Waals surface area contributed by atoms with Gasteiger partial charge in [0.05, 0.1) is 13.2 Å². The lowest BCUT2D eigenvalue weighted by Gasteiger charge is -2.37. The molecule has 0 saturated carbocycles. The number of halogens is 1. The molecule has 0 spiro atoms. The van der Waals surface area contributed by atoms with Gasteiger partial charge < -0.3 is 20.3 Å². The van der Waals surface area contributed by atoms with Gasteiger partial charge in [0, 0.05) is 25.8 Å². The van der Waals surface area contributed by atoms with Crippen LogP contribution in [0.15, 0.2) is 18.2 Å². The third-order valence-electron chi connectivity index (χ3n) is 3.40. The van der Waals surface area contributed by atoms with Crippen LogP contribution in [0.3, 0.4) is 0 Å². The minimum atomic E-state index is -0.380. The summed E-state index contributed by atoms with van der Waals surface area (Å²) in [6, 6.07) is 4.27. The minimum Gasteiger partial charge on any atom is -0.377 e. The molecule has 2 N–H and O–H groups in total. The van der Waals surface area contributed by atoms with Crippen LogP contribution in [0.5, 0.6) is 0 Å². The molecule has 1 heterocycles. The van der Waals surface area contributed by atoms with Gasteiger partial charge in [0.25, 0.3) is 0 Å². The Labute approximate surface area is 118 Å². The van der Waals surface area contributed by atoms with E-state index >= 15 is 0 Å². The van der Waals surface area contributed by atoms with E-state index in [-0.39, 0.29) is 17.8 Å². The minimum absolute atomic E-state index is 0.0931. The van der Waals surface area contributed by atoms with Crippen molar-refractivity contribution in [3.8, 4) is 0 Å². The Kier molecular flexibility index (Phi) is 4.92. The fourth-order valence-electron chi connectivity index (χ4n) is 2.44. The van der Waals surface area contributed by atoms with Crippen molar-refractivity contribution in [3.05, 3.63) is 29.6 Å². The van der Waals surface area contributed by atoms with Crippen molar-refractivity contribution in [1.29, 1.82) is 0 Å². The van der Waals surface area contributed by atoms with Gasteiger partial charge in [-0.25, -0.2) is 4.39 Å². The number of morpholine rings is 1. The van der Waals surface area contributed by atoms with Gasteiger partial charge in [0.15, 0.2) is 0 Å². The molecule has 1 atom stereocenters. The summed E-state index contributed by atoms with van der Waals surface area (Å²) < 4.78 is 18.8. The lowest BCUT2D eigenvalue weighted by molar-refractivity contribution is -0.124. The molecule has 0 radical (unpaired) electrons. The van der Waals surface area contributed by atoms with Crippen molar-refractivity contribution in [2.45, 2.75) is 12.6 Å². The number of hydrogen-bond acceptors (Lipinski definition) is 4. The summed E-state index contributed by atoms with van der Waals surface area (Å²) in [5.74, 6) is -0.367. The second kappa shape index (κ2) is 6.67. The molecule has 0 aromatic heterocycles. The van der Waals surface area contributed by atoms with E-state index < -0.39 is 0 Å². The second-order valence-electron chi connectivity index (χ2n) is 4.70. The molecule has 1 aromatic carbocycles. The highest BCUT2D eigenvalue weighted by Crippen LogP contribution is 2.25. The number of nitrogens with zero attached hydrogens (tertiary/aromatic N) is 1. The highest BCUT2D eigenvalue weighted by atomic mass is 19.1. The van der Waals surface area contributed by atoms with E-state index in [0.29, 0.717) is 26.3 Å². The molecule has 6 heteroatoms. The second-order valence-corrected chi connectivity index (χ2v) is 4.70. The molecular weight excluding hydrogens is 261 g/mol. The Bertz CT molecular complexity index is 481. The number of amides is 1. The first kappa shape index (κ1) is 14.7. The van der Waals surface area contributed by atoms with Crippen molar-refractivity contribution in [3.63, 3.8) is 0 Å². The maximum Gasteiger partial charge on any atom is 0.244 e. The topological polar surface area (TPSA) is 53.6 Å². The first-order valence-electron chi connectivity index (χ1n) is 6.66. The van der Waals surface area contributed by atoms with E-state index in [0.717, 1.165) is 11.3 Å². The average Bonchev–Trinajstić information content (AvgIpc) is 2.47. The van der Waals surface area contributed by atoms with E-state index in [2.05, 4.69) is 10.6 Å². The first-order valence-corrected chi connectivity index (χ1v) is 6.66. The number of rotatable bonds is 4. The van der Waals surface area contributed by atoms with Gasteiger partial charge in [-0.2, -0.15) is 0 Å². The van der Waals surface area contributed by atoms with Gasteiger partial charge in [0.2, 0.25) is 5.91 Å². The number of benzene rings is 1. The number of nitrogens with one attached hydrogen (secondary N) is 2. The van der Waals surface area contributed by atoms with E-state index in [1.54, 1.807) is 13.1 Å². The maximum absolute atomic E-state index is 13.4. The summed E-state index contributed by atoms with van der Waals surface area (Å²) in [5.41, 5.74) is 1.71. The Morgan fingerprint density at radius 1 is 1.50 bits per heavy atom. The Hall–Kier alpha value is -1.66. The fourth-order valence-corrected chi connectivity index (χ4v) is 2.44. The number of ether oxygens (including phenoxy) is 1. The van der Waals surface area contributed by atoms with Crippen molar-refractivity contribution in [1.82, 2.24) is 10.6 Å². The Balaban J connectivity index is 2.34. The zero-order valence-electron chi connectivity index (χ0n) is 11.8. The third-order valence-corrected chi connectivity index (χ3v) is 3.40. The summed E-state index contributed by atoms with van der Waals surface area (Å²) in [6.45, 7) is 2.06. The normalized spacial score (nSPS) is 18.9. The van der Waals surface area contributed by atoms with Crippen molar-refractivity contribution in [2.75, 3.05) is 38.8 Å². The quantitative estimate of drug-likeness (QED) is 0.844. The predicted molar refractivity (Wildman–Crippen MR) is 75.2 cm³/mol. The number of carbonyl (C=O) groups is 1. The average molecular weight is 281 g/mol. The van der Waals surface area contributed by atoms with Crippen LogP contribution in [0.25, 0.3) is 0 Å². The summed E-state index contributed by atoms with van der Waals surface area (Å²) in [6.07, 6.45) is 0. The molecule has 110 valence electrons. The van der Waals surface area contributed by atoms with Gasteiger partial charge in [0.1, 0.15) is 11.9 Å². The molecule has 1 unspecified atom stereocenters. The van der Waals surface area contributed by atoms with Crippen LogP contribution in [0.1, 0.15) is 5.56 Å². The van der Waals surface area contributed by atoms with Crippen LogP contribution >= 0.6 is 0 Å². The van der Waals surface area contributed by atoms with Gasteiger partial charge in [-0.15, -0.1) is 0 Å². The SMILES string of the molecule is CNCc1cc(F)ccc1N1CCOCC1C(=O)NC. The zero-order valence-corrected chi connectivity index (χ0v) is 11.8. The number of carbonyl (C=O) groups excluding carboxylic acids is 1. The molecule has 1 amide bonds. The van der Waals surface area contributed by atoms with Gasteiger partial charge in [-0.3, -0.25) is 4.79 Å². The monoisotopic (exact) mass is 281 g/mol. The molecule has 1 fully saturated rings. The Morgan fingerprint density at radius 3 is 3.00 bits per heavy atom. The number of likely N-dealkylation sites (N-methyl/N-ethyl adjacent to an activating group) is 1. The lowest BCUT2D eigenvalue weighted by atomic mass is 10.1. The molecule has 0 aliphatic carbocycles. The van der Waals surface area contributed by atoms with Crippen molar-refractivity contribution < 1.29 is 13.9 Å². The maximum atomic E-state index is 13.4. The molecular formula is C14H20FN3O2. The highest BCUT2D eigenvalue weighted by molar-refractivity contribution is 5.85. The van der Waals surface area contributed by atoms with Crippen molar-refractivity contribution >= 4 is 11.6 Å². The summed E-state index contributed by atoms with van der Waals surface area (Å²) in [7, 11) is 3.42. The predicted octanol–water partition coefficient (Wildman–Crippen LogP) is 0.496. The molecule has 1 aromatic rings. The molecule has 1 aliphatic rings. The first-order chi connectivity index (χ1) is 9.67. The number of anilines is 1. The van der Waals surface area contributed by atoms with Crippen molar-refractivity contribution in [2.24, 2.45) is 0 Å². The van der Waals surface area contributed by atoms with Gasteiger partial charge >= 0.3 is 0 Å². The van der Waals surface area contributed by atoms with Crippen LogP contribution in [-0.4, -0.2) is 45.8 Å². The lowest BCUT2D eigenvalue weighted by Crippen LogP contribution is -2.53. The molecule has 2 rings (SSSR count). The molecule has 0 bridgehead atoms. The standard InChI is InChI=1S/C14H20FN3O2/c1-16-8-10-7-11(15)3-4-12(10)18-5-6-20-9-13(18)14(19)17-2/h3-4,7,13,16H,5-6,8-9H2,1-2H3,(H,17,19). The molecule has 1 saturated heterocycles. The van der Waals surface area contributed by atoms with E-state index in [1.165, 1.54) is 12.1 Å². The smallest absolute Gasteiger partial charge is 0.244 e. The van der Waals surface area contributed by atoms with Crippen LogP contribution < -0.4 is 15.5 Å². The molecule has 1 aliphatic heterocycles. The number of hydrogen-bond donors (Lipinski definition) is 2. The van der Waals surface area contributed by atoms with E-state index in [9.17, 15) is 9.18 Å². The zero-order chi connectivity index (χ0) is 14.5. The third kappa shape index (κ3) is 3.08. The van der Waals surface area contributed by atoms with Crippen LogP contribution in [0.4, 0.5) is 10.1 Å². The van der Waals surface area contributed by atoms with Crippen LogP contribution in [0, 0.1) is 5.82 Å². The van der Waals surface area contributed by atoms with E-state index in [4.69, 9.17) is 4.74 Å².